The molecule has 0 unspecified atom stereocenters. The van der Waals surface area contributed by atoms with E-state index in [2.05, 4.69) is 229 Å². The highest BCUT2D eigenvalue weighted by molar-refractivity contribution is 6.22. The van der Waals surface area contributed by atoms with E-state index in [9.17, 15) is 0 Å². The molecule has 2 nitrogen and oxygen atoms in total. The molecule has 0 amide bonds. The van der Waals surface area contributed by atoms with Gasteiger partial charge in [0.05, 0.1) is 0 Å². The molecule has 0 atom stereocenters. The average Bonchev–Trinajstić information content (AvgIpc) is 3.22. The highest BCUT2D eigenvalue weighted by Gasteiger charge is 2.22. The smallest absolute Gasteiger partial charge is 0.0468 e. The topological polar surface area (TPSA) is 6.48 Å². The van der Waals surface area contributed by atoms with Crippen LogP contribution in [0.4, 0.5) is 34.1 Å². The number of aryl methyl sites for hydroxylation is 1. The summed E-state index contributed by atoms with van der Waals surface area (Å²) in [5.74, 6) is 0. The Kier molecular flexibility index (Phi) is 8.47. The van der Waals surface area contributed by atoms with Crippen LogP contribution in [0.25, 0.3) is 43.8 Å². The quantitative estimate of drug-likeness (QED) is 0.148. The first-order valence-electron chi connectivity index (χ1n) is 18.2. The molecule has 53 heavy (non-hydrogen) atoms. The van der Waals surface area contributed by atoms with Crippen LogP contribution in [0.3, 0.4) is 0 Å². The highest BCUT2D eigenvalue weighted by Crippen LogP contribution is 2.48. The van der Waals surface area contributed by atoms with Gasteiger partial charge < -0.3 is 9.80 Å². The van der Waals surface area contributed by atoms with Crippen molar-refractivity contribution >= 4 is 55.7 Å². The lowest BCUT2D eigenvalue weighted by Gasteiger charge is -2.28. The van der Waals surface area contributed by atoms with Gasteiger partial charge in [-0.2, -0.15) is 0 Å². The summed E-state index contributed by atoms with van der Waals surface area (Å²) in [6, 6.07) is 76.5. The summed E-state index contributed by atoms with van der Waals surface area (Å²) in [4.78, 5) is 4.70. The molecule has 0 aliphatic carbocycles. The minimum absolute atomic E-state index is 1.11. The van der Waals surface area contributed by atoms with E-state index in [4.69, 9.17) is 0 Å². The zero-order chi connectivity index (χ0) is 35.6. The van der Waals surface area contributed by atoms with Gasteiger partial charge in [-0.05, 0) is 124 Å². The lowest BCUT2D eigenvalue weighted by atomic mass is 9.85. The minimum atomic E-state index is 1.11. The Bertz CT molecular complexity index is 2560. The van der Waals surface area contributed by atoms with Gasteiger partial charge in [0, 0.05) is 34.1 Å². The molecule has 0 heterocycles. The van der Waals surface area contributed by atoms with E-state index in [0.29, 0.717) is 0 Å². The summed E-state index contributed by atoms with van der Waals surface area (Å²) < 4.78 is 0. The standard InChI is InChI=1S/C51H38N2/c1-37-27-29-39(30-28-37)51-47-34-32-44(52(40-19-9-3-10-20-40)41-21-11-4-12-22-41)35-48(47)50(38-17-7-2-8-18-38)46-33-31-45(36-49(46)51)53(42-23-13-5-14-24-42)43-25-15-6-16-26-43/h2-36H,1H3. The van der Waals surface area contributed by atoms with Gasteiger partial charge in [0.1, 0.15) is 0 Å². The van der Waals surface area contributed by atoms with E-state index in [1.165, 1.54) is 49.4 Å². The molecular formula is C51H38N2. The molecular weight excluding hydrogens is 641 g/mol. The maximum atomic E-state index is 2.39. The first kappa shape index (κ1) is 32.0. The summed E-state index contributed by atoms with van der Waals surface area (Å²) in [5, 5.41) is 4.86. The minimum Gasteiger partial charge on any atom is -0.310 e. The van der Waals surface area contributed by atoms with Crippen LogP contribution in [0.1, 0.15) is 5.56 Å². The summed E-state index contributed by atoms with van der Waals surface area (Å²) in [6.07, 6.45) is 0. The second-order valence-corrected chi connectivity index (χ2v) is 13.5. The summed E-state index contributed by atoms with van der Waals surface area (Å²) in [6.45, 7) is 2.15. The molecule has 0 saturated carbocycles. The fourth-order valence-corrected chi connectivity index (χ4v) is 7.63. The monoisotopic (exact) mass is 678 g/mol. The first-order valence-corrected chi connectivity index (χ1v) is 18.2. The number of benzene rings is 9. The van der Waals surface area contributed by atoms with Crippen molar-refractivity contribution in [3.63, 3.8) is 0 Å². The largest absolute Gasteiger partial charge is 0.310 e. The fourth-order valence-electron chi connectivity index (χ4n) is 7.63. The first-order chi connectivity index (χ1) is 26.2. The summed E-state index contributed by atoms with van der Waals surface area (Å²) >= 11 is 0. The van der Waals surface area contributed by atoms with Crippen LogP contribution in [0.5, 0.6) is 0 Å². The van der Waals surface area contributed by atoms with E-state index in [0.717, 1.165) is 34.1 Å². The Morgan fingerprint density at radius 1 is 0.264 bits per heavy atom. The second kappa shape index (κ2) is 14.0. The lowest BCUT2D eigenvalue weighted by Crippen LogP contribution is -2.10. The Labute approximate surface area is 311 Å². The lowest BCUT2D eigenvalue weighted by molar-refractivity contribution is 1.29. The molecule has 0 fully saturated rings. The molecule has 0 aliphatic rings. The van der Waals surface area contributed by atoms with Crippen molar-refractivity contribution in [2.45, 2.75) is 6.92 Å². The van der Waals surface area contributed by atoms with Crippen LogP contribution in [-0.2, 0) is 0 Å². The van der Waals surface area contributed by atoms with Crippen LogP contribution in [0.2, 0.25) is 0 Å². The Morgan fingerprint density at radius 2 is 0.585 bits per heavy atom. The number of hydrogen-bond acceptors (Lipinski definition) is 2. The van der Waals surface area contributed by atoms with Gasteiger partial charge in [-0.1, -0.05) is 145 Å². The number of fused-ring (bicyclic) bond motifs is 2. The molecule has 0 aliphatic heterocycles. The van der Waals surface area contributed by atoms with Gasteiger partial charge in [0.15, 0.2) is 0 Å². The molecule has 9 rings (SSSR count). The Balaban J connectivity index is 1.38. The molecule has 9 aromatic carbocycles. The van der Waals surface area contributed by atoms with Gasteiger partial charge in [-0.25, -0.2) is 0 Å². The molecule has 0 radical (unpaired) electrons. The van der Waals surface area contributed by atoms with Gasteiger partial charge in [0.2, 0.25) is 0 Å². The van der Waals surface area contributed by atoms with E-state index in [-0.39, 0.29) is 0 Å². The molecule has 0 spiro atoms. The van der Waals surface area contributed by atoms with Crippen LogP contribution in [0, 0.1) is 6.92 Å². The van der Waals surface area contributed by atoms with Crippen molar-refractivity contribution in [3.8, 4) is 22.3 Å². The van der Waals surface area contributed by atoms with Crippen molar-refractivity contribution in [2.24, 2.45) is 0 Å². The molecule has 0 aromatic heterocycles. The van der Waals surface area contributed by atoms with Crippen LogP contribution < -0.4 is 9.80 Å². The Morgan fingerprint density at radius 3 is 0.943 bits per heavy atom. The van der Waals surface area contributed by atoms with Crippen molar-refractivity contribution in [1.82, 2.24) is 0 Å². The van der Waals surface area contributed by atoms with Gasteiger partial charge in [0.25, 0.3) is 0 Å². The number of para-hydroxylation sites is 4. The summed E-state index contributed by atoms with van der Waals surface area (Å²) in [5.41, 5.74) is 12.8. The van der Waals surface area contributed by atoms with Gasteiger partial charge >= 0.3 is 0 Å². The zero-order valence-corrected chi connectivity index (χ0v) is 29.6. The maximum Gasteiger partial charge on any atom is 0.0468 e. The molecule has 9 aromatic rings. The number of rotatable bonds is 8. The number of anilines is 6. The average molecular weight is 679 g/mol. The maximum absolute atomic E-state index is 2.39. The second-order valence-electron chi connectivity index (χ2n) is 13.5. The predicted octanol–water partition coefficient (Wildman–Crippen LogP) is 14.6. The van der Waals surface area contributed by atoms with E-state index in [1.807, 2.05) is 0 Å². The third-order valence-electron chi connectivity index (χ3n) is 10.1. The predicted molar refractivity (Wildman–Crippen MR) is 226 cm³/mol. The number of hydrogen-bond donors (Lipinski definition) is 0. The van der Waals surface area contributed by atoms with Gasteiger partial charge in [-0.3, -0.25) is 0 Å². The molecule has 2 heteroatoms. The van der Waals surface area contributed by atoms with E-state index < -0.39 is 0 Å². The van der Waals surface area contributed by atoms with Crippen molar-refractivity contribution in [1.29, 1.82) is 0 Å². The van der Waals surface area contributed by atoms with E-state index in [1.54, 1.807) is 0 Å². The van der Waals surface area contributed by atoms with Gasteiger partial charge in [-0.15, -0.1) is 0 Å². The van der Waals surface area contributed by atoms with Crippen molar-refractivity contribution in [3.05, 3.63) is 218 Å². The van der Waals surface area contributed by atoms with Crippen LogP contribution in [-0.4, -0.2) is 0 Å². The SMILES string of the molecule is Cc1ccc(-c2c3ccc(N(c4ccccc4)c4ccccc4)cc3c(-c3ccccc3)c3ccc(N(c4ccccc4)c4ccccc4)cc23)cc1. The van der Waals surface area contributed by atoms with Crippen molar-refractivity contribution < 1.29 is 0 Å². The fraction of sp³-hybridized carbons (Fsp3) is 0.0196. The van der Waals surface area contributed by atoms with Crippen molar-refractivity contribution in [2.75, 3.05) is 9.80 Å². The zero-order valence-electron chi connectivity index (χ0n) is 29.6. The van der Waals surface area contributed by atoms with Crippen LogP contribution >= 0.6 is 0 Å². The summed E-state index contributed by atoms with van der Waals surface area (Å²) in [7, 11) is 0. The number of nitrogens with zero attached hydrogens (tertiary/aromatic N) is 2. The third kappa shape index (κ3) is 6.11. The highest BCUT2D eigenvalue weighted by atomic mass is 15.1. The van der Waals surface area contributed by atoms with Crippen LogP contribution in [0.15, 0.2) is 212 Å². The molecule has 0 N–H and O–H groups in total. The van der Waals surface area contributed by atoms with E-state index >= 15 is 0 Å². The third-order valence-corrected chi connectivity index (χ3v) is 10.1. The Hall–Kier alpha value is -6.90. The molecule has 252 valence electrons. The molecule has 0 bridgehead atoms. The molecule has 0 saturated heterocycles. The normalized spacial score (nSPS) is 11.1.